The maximum absolute atomic E-state index is 12.9. The summed E-state index contributed by atoms with van der Waals surface area (Å²) in [5.41, 5.74) is -0.357. The molecule has 4 nitrogen and oxygen atoms in total. The van der Waals surface area contributed by atoms with E-state index >= 15 is 0 Å². The molecule has 0 amide bonds. The predicted octanol–water partition coefficient (Wildman–Crippen LogP) is 2.04. The van der Waals surface area contributed by atoms with Gasteiger partial charge in [-0.15, -0.1) is 0 Å². The molecule has 1 aliphatic carbocycles. The molecule has 1 aromatic heterocycles. The van der Waals surface area contributed by atoms with Gasteiger partial charge >= 0.3 is 12.1 Å². The van der Waals surface area contributed by atoms with Gasteiger partial charge in [-0.05, 0) is 12.8 Å². The van der Waals surface area contributed by atoms with E-state index in [9.17, 15) is 18.0 Å². The van der Waals surface area contributed by atoms with Crippen LogP contribution in [0, 0.1) is 0 Å². The summed E-state index contributed by atoms with van der Waals surface area (Å²) in [7, 11) is 0. The number of hydrogen-bond acceptors (Lipinski definition) is 2. The third-order valence-electron chi connectivity index (χ3n) is 2.93. The molecule has 0 aromatic carbocycles. The van der Waals surface area contributed by atoms with Crippen molar-refractivity contribution in [1.29, 1.82) is 0 Å². The van der Waals surface area contributed by atoms with Crippen LogP contribution in [0.3, 0.4) is 0 Å². The van der Waals surface area contributed by atoms with Crippen LogP contribution < -0.4 is 0 Å². The van der Waals surface area contributed by atoms with Crippen LogP contribution in [0.5, 0.6) is 0 Å². The van der Waals surface area contributed by atoms with Gasteiger partial charge in [-0.3, -0.25) is 4.79 Å². The Labute approximate surface area is 95.0 Å². The van der Waals surface area contributed by atoms with E-state index in [4.69, 9.17) is 5.11 Å². The van der Waals surface area contributed by atoms with E-state index in [0.29, 0.717) is 23.2 Å². The number of alkyl halides is 3. The van der Waals surface area contributed by atoms with Gasteiger partial charge in [0.2, 0.25) is 0 Å². The van der Waals surface area contributed by atoms with Gasteiger partial charge in [-0.2, -0.15) is 18.3 Å². The molecule has 1 aliphatic rings. The van der Waals surface area contributed by atoms with Gasteiger partial charge in [0.1, 0.15) is 12.2 Å². The second-order valence-electron chi connectivity index (χ2n) is 4.20. The number of carbonyl (C=O) groups is 1. The van der Waals surface area contributed by atoms with Crippen molar-refractivity contribution < 1.29 is 23.1 Å². The van der Waals surface area contributed by atoms with Gasteiger partial charge in [0.25, 0.3) is 0 Å². The van der Waals surface area contributed by atoms with Crippen LogP contribution in [-0.4, -0.2) is 20.9 Å². The highest BCUT2D eigenvalue weighted by Gasteiger charge is 2.42. The van der Waals surface area contributed by atoms with Crippen molar-refractivity contribution in [3.05, 3.63) is 17.0 Å². The van der Waals surface area contributed by atoms with E-state index in [1.807, 2.05) is 0 Å². The second kappa shape index (κ2) is 3.75. The van der Waals surface area contributed by atoms with E-state index in [-0.39, 0.29) is 11.5 Å². The quantitative estimate of drug-likeness (QED) is 0.871. The first-order chi connectivity index (χ1) is 7.80. The zero-order valence-electron chi connectivity index (χ0n) is 9.08. The number of rotatable bonds is 2. The highest BCUT2D eigenvalue weighted by molar-refractivity contribution is 5.66. The number of halogens is 3. The molecule has 1 N–H and O–H groups in total. The van der Waals surface area contributed by atoms with Crippen LogP contribution in [0.4, 0.5) is 13.2 Å². The van der Waals surface area contributed by atoms with Crippen molar-refractivity contribution in [2.75, 3.05) is 0 Å². The fourth-order valence-corrected chi connectivity index (χ4v) is 2.22. The largest absolute Gasteiger partial charge is 0.480 e. The lowest BCUT2D eigenvalue weighted by Crippen LogP contribution is -2.20. The molecule has 1 heterocycles. The Morgan fingerprint density at radius 2 is 2.24 bits per heavy atom. The molecule has 0 aliphatic heterocycles. The smallest absolute Gasteiger partial charge is 0.433 e. The highest BCUT2D eigenvalue weighted by Crippen LogP contribution is 2.41. The van der Waals surface area contributed by atoms with Crippen LogP contribution in [-0.2, 0) is 23.9 Å². The summed E-state index contributed by atoms with van der Waals surface area (Å²) in [6.07, 6.45) is -3.61. The molecular formula is C10H11F3N2O2. The Balaban J connectivity index is 2.53. The lowest BCUT2D eigenvalue weighted by molar-refractivity contribution is -0.147. The third-order valence-corrected chi connectivity index (χ3v) is 2.93. The minimum absolute atomic E-state index is 0.0406. The number of aliphatic carboxylic acids is 1. The first kappa shape index (κ1) is 11.9. The molecule has 7 heteroatoms. The zero-order valence-corrected chi connectivity index (χ0v) is 9.08. The summed E-state index contributed by atoms with van der Waals surface area (Å²) >= 11 is 0. The van der Waals surface area contributed by atoms with E-state index in [0.717, 1.165) is 0 Å². The van der Waals surface area contributed by atoms with Crippen LogP contribution >= 0.6 is 0 Å². The molecule has 17 heavy (non-hydrogen) atoms. The molecule has 2 rings (SSSR count). The maximum atomic E-state index is 12.9. The third kappa shape index (κ3) is 2.01. The summed E-state index contributed by atoms with van der Waals surface area (Å²) in [5, 5.41) is 12.4. The minimum Gasteiger partial charge on any atom is -0.480 e. The Morgan fingerprint density at radius 1 is 1.59 bits per heavy atom. The molecule has 0 fully saturated rings. The Morgan fingerprint density at radius 3 is 2.76 bits per heavy atom. The normalized spacial score (nSPS) is 19.4. The Hall–Kier alpha value is -1.53. The van der Waals surface area contributed by atoms with Gasteiger partial charge in [0.05, 0.1) is 5.69 Å². The van der Waals surface area contributed by atoms with E-state index < -0.39 is 24.4 Å². The fourth-order valence-electron chi connectivity index (χ4n) is 2.22. The average Bonchev–Trinajstić information content (AvgIpc) is 2.64. The van der Waals surface area contributed by atoms with Gasteiger partial charge in [-0.25, -0.2) is 4.68 Å². The van der Waals surface area contributed by atoms with Crippen LogP contribution in [0.15, 0.2) is 0 Å². The molecule has 1 aromatic rings. The monoisotopic (exact) mass is 248 g/mol. The van der Waals surface area contributed by atoms with E-state index in [1.54, 1.807) is 6.92 Å². The number of nitrogens with zero attached hydrogens (tertiary/aromatic N) is 2. The average molecular weight is 248 g/mol. The Bertz CT molecular complexity index is 465. The standard InChI is InChI=1S/C10H11F3N2O2/c1-5-2-3-6-8(5)14-15(4-7(16)17)9(6)10(11,12)13/h5H,2-4H2,1H3,(H,16,17). The lowest BCUT2D eigenvalue weighted by atomic mass is 10.1. The number of fused-ring (bicyclic) bond motifs is 1. The van der Waals surface area contributed by atoms with Crippen molar-refractivity contribution >= 4 is 5.97 Å². The van der Waals surface area contributed by atoms with Crippen LogP contribution in [0.25, 0.3) is 0 Å². The van der Waals surface area contributed by atoms with Gasteiger partial charge in [0.15, 0.2) is 0 Å². The van der Waals surface area contributed by atoms with Gasteiger partial charge in [-0.1, -0.05) is 6.92 Å². The predicted molar refractivity (Wildman–Crippen MR) is 51.6 cm³/mol. The molecular weight excluding hydrogens is 237 g/mol. The fraction of sp³-hybridized carbons (Fsp3) is 0.600. The minimum atomic E-state index is -4.56. The summed E-state index contributed by atoms with van der Waals surface area (Å²) < 4.78 is 39.1. The number of carboxylic acids is 1. The first-order valence-electron chi connectivity index (χ1n) is 5.19. The molecule has 1 atom stereocenters. The molecule has 0 spiro atoms. The topological polar surface area (TPSA) is 55.1 Å². The lowest BCUT2D eigenvalue weighted by Gasteiger charge is -2.10. The molecule has 1 unspecified atom stereocenters. The van der Waals surface area contributed by atoms with Crippen LogP contribution in [0.1, 0.15) is 36.2 Å². The molecule has 0 saturated heterocycles. The molecule has 0 bridgehead atoms. The number of aromatic nitrogens is 2. The van der Waals surface area contributed by atoms with E-state index in [2.05, 4.69) is 5.10 Å². The summed E-state index contributed by atoms with van der Waals surface area (Å²) in [6.45, 7) is 1.04. The molecule has 0 radical (unpaired) electrons. The van der Waals surface area contributed by atoms with Gasteiger partial charge < -0.3 is 5.11 Å². The van der Waals surface area contributed by atoms with E-state index in [1.165, 1.54) is 0 Å². The van der Waals surface area contributed by atoms with Crippen molar-refractivity contribution in [3.63, 3.8) is 0 Å². The zero-order chi connectivity index (χ0) is 12.8. The summed E-state index contributed by atoms with van der Waals surface area (Å²) in [6, 6.07) is 0. The highest BCUT2D eigenvalue weighted by atomic mass is 19.4. The van der Waals surface area contributed by atoms with Crippen LogP contribution in [0.2, 0.25) is 0 Å². The summed E-state index contributed by atoms with van der Waals surface area (Å²) in [4.78, 5) is 10.5. The van der Waals surface area contributed by atoms with Crippen molar-refractivity contribution in [2.45, 2.75) is 38.4 Å². The number of hydrogen-bond donors (Lipinski definition) is 1. The van der Waals surface area contributed by atoms with Crippen molar-refractivity contribution in [2.24, 2.45) is 0 Å². The maximum Gasteiger partial charge on any atom is 0.433 e. The van der Waals surface area contributed by atoms with Crippen molar-refractivity contribution in [1.82, 2.24) is 9.78 Å². The first-order valence-corrected chi connectivity index (χ1v) is 5.19. The second-order valence-corrected chi connectivity index (χ2v) is 4.20. The number of carboxylic acid groups (broad SMARTS) is 1. The molecule has 94 valence electrons. The summed E-state index contributed by atoms with van der Waals surface area (Å²) in [5.74, 6) is -1.37. The van der Waals surface area contributed by atoms with Crippen molar-refractivity contribution in [3.8, 4) is 0 Å². The Kier molecular flexibility index (Phi) is 2.63. The molecule has 0 saturated carbocycles. The SMILES string of the molecule is CC1CCc2c1nn(CC(=O)O)c2C(F)(F)F. The van der Waals surface area contributed by atoms with Gasteiger partial charge in [0, 0.05) is 11.5 Å².